The van der Waals surface area contributed by atoms with Crippen LogP contribution >= 0.6 is 0 Å². The Labute approximate surface area is 85.0 Å². The third-order valence-electron chi connectivity index (χ3n) is 2.80. The molecule has 1 rings (SSSR count). The number of esters is 1. The van der Waals surface area contributed by atoms with Gasteiger partial charge in [-0.1, -0.05) is 0 Å². The highest BCUT2D eigenvalue weighted by molar-refractivity contribution is 5.72. The number of rotatable bonds is 4. The minimum absolute atomic E-state index is 0.0906. The maximum Gasteiger partial charge on any atom is 0.311 e. The van der Waals surface area contributed by atoms with Crippen LogP contribution in [0.2, 0.25) is 0 Å². The zero-order valence-corrected chi connectivity index (χ0v) is 8.91. The van der Waals surface area contributed by atoms with Crippen molar-refractivity contribution in [3.63, 3.8) is 0 Å². The highest BCUT2D eigenvalue weighted by Crippen LogP contribution is 2.23. The normalized spacial score (nSPS) is 20.4. The van der Waals surface area contributed by atoms with Gasteiger partial charge in [0.15, 0.2) is 0 Å². The van der Waals surface area contributed by atoms with E-state index in [2.05, 4.69) is 5.32 Å². The molecule has 0 spiro atoms. The van der Waals surface area contributed by atoms with E-state index in [0.29, 0.717) is 12.5 Å². The highest BCUT2D eigenvalue weighted by atomic mass is 16.5. The van der Waals surface area contributed by atoms with Crippen LogP contribution in [0.1, 0.15) is 12.8 Å². The van der Waals surface area contributed by atoms with Crippen LogP contribution in [-0.4, -0.2) is 39.9 Å². The number of hydrogen-bond acceptors (Lipinski definition) is 4. The van der Waals surface area contributed by atoms with Gasteiger partial charge in [-0.05, 0) is 31.8 Å². The summed E-state index contributed by atoms with van der Waals surface area (Å²) >= 11 is 0. The molecule has 4 nitrogen and oxygen atoms in total. The van der Waals surface area contributed by atoms with Gasteiger partial charge in [-0.15, -0.1) is 0 Å². The number of ether oxygens (including phenoxy) is 2. The fourth-order valence-corrected chi connectivity index (χ4v) is 1.97. The van der Waals surface area contributed by atoms with E-state index in [4.69, 9.17) is 9.47 Å². The lowest BCUT2D eigenvalue weighted by molar-refractivity contribution is -0.150. The Morgan fingerprint density at radius 3 is 2.57 bits per heavy atom. The zero-order valence-electron chi connectivity index (χ0n) is 8.91. The molecule has 82 valence electrons. The first-order valence-corrected chi connectivity index (χ1v) is 5.07. The molecular weight excluding hydrogens is 182 g/mol. The molecule has 1 saturated heterocycles. The molecule has 0 saturated carbocycles. The summed E-state index contributed by atoms with van der Waals surface area (Å²) < 4.78 is 9.84. The van der Waals surface area contributed by atoms with E-state index in [1.165, 1.54) is 7.11 Å². The molecule has 1 heterocycles. The summed E-state index contributed by atoms with van der Waals surface area (Å²) in [4.78, 5) is 11.5. The lowest BCUT2D eigenvalue weighted by atomic mass is 9.85. The number of carbonyl (C=O) groups is 1. The molecule has 1 unspecified atom stereocenters. The molecule has 4 heteroatoms. The molecule has 0 radical (unpaired) electrons. The monoisotopic (exact) mass is 201 g/mol. The second-order valence-corrected chi connectivity index (χ2v) is 3.67. The average Bonchev–Trinajstić information content (AvgIpc) is 2.26. The molecule has 1 N–H and O–H groups in total. The second-order valence-electron chi connectivity index (χ2n) is 3.67. The van der Waals surface area contributed by atoms with Gasteiger partial charge in [-0.2, -0.15) is 0 Å². The topological polar surface area (TPSA) is 47.6 Å². The zero-order chi connectivity index (χ0) is 10.4. The Morgan fingerprint density at radius 1 is 1.43 bits per heavy atom. The maximum absolute atomic E-state index is 11.5. The van der Waals surface area contributed by atoms with Crippen LogP contribution in [0.15, 0.2) is 0 Å². The standard InChI is InChI=1S/C10H19NO3/c1-13-7-9(10(12)14-2)8-3-5-11-6-4-8/h8-9,11H,3-7H2,1-2H3. The Kier molecular flexibility index (Phi) is 4.90. The van der Waals surface area contributed by atoms with Crippen LogP contribution in [0, 0.1) is 11.8 Å². The highest BCUT2D eigenvalue weighted by Gasteiger charge is 2.29. The van der Waals surface area contributed by atoms with Gasteiger partial charge in [0.2, 0.25) is 0 Å². The molecule has 1 aliphatic rings. The van der Waals surface area contributed by atoms with Crippen LogP contribution in [0.5, 0.6) is 0 Å². The van der Waals surface area contributed by atoms with Crippen LogP contribution in [0.25, 0.3) is 0 Å². The molecule has 1 aliphatic heterocycles. The first-order chi connectivity index (χ1) is 6.79. The fraction of sp³-hybridized carbons (Fsp3) is 0.900. The number of carbonyl (C=O) groups excluding carboxylic acids is 1. The Bertz CT molecular complexity index is 178. The van der Waals surface area contributed by atoms with Crippen molar-refractivity contribution in [2.45, 2.75) is 12.8 Å². The fourth-order valence-electron chi connectivity index (χ4n) is 1.97. The molecule has 1 fully saturated rings. The Morgan fingerprint density at radius 2 is 2.07 bits per heavy atom. The van der Waals surface area contributed by atoms with Crippen molar-refractivity contribution >= 4 is 5.97 Å². The van der Waals surface area contributed by atoms with Crippen molar-refractivity contribution in [2.24, 2.45) is 11.8 Å². The van der Waals surface area contributed by atoms with Gasteiger partial charge in [-0.25, -0.2) is 0 Å². The van der Waals surface area contributed by atoms with E-state index in [1.807, 2.05) is 0 Å². The first-order valence-electron chi connectivity index (χ1n) is 5.07. The minimum atomic E-state index is -0.140. The van der Waals surface area contributed by atoms with E-state index >= 15 is 0 Å². The summed E-state index contributed by atoms with van der Waals surface area (Å²) in [5.74, 6) is 0.175. The summed E-state index contributed by atoms with van der Waals surface area (Å²) in [6.07, 6.45) is 2.06. The number of hydrogen-bond donors (Lipinski definition) is 1. The van der Waals surface area contributed by atoms with Crippen molar-refractivity contribution in [3.8, 4) is 0 Å². The van der Waals surface area contributed by atoms with Crippen LogP contribution in [0.3, 0.4) is 0 Å². The van der Waals surface area contributed by atoms with Gasteiger partial charge in [-0.3, -0.25) is 4.79 Å². The van der Waals surface area contributed by atoms with Crippen molar-refractivity contribution in [1.82, 2.24) is 5.32 Å². The van der Waals surface area contributed by atoms with E-state index in [1.54, 1.807) is 7.11 Å². The maximum atomic E-state index is 11.5. The summed E-state index contributed by atoms with van der Waals surface area (Å²) in [6.45, 7) is 2.45. The van der Waals surface area contributed by atoms with E-state index in [-0.39, 0.29) is 11.9 Å². The van der Waals surface area contributed by atoms with Crippen LogP contribution in [-0.2, 0) is 14.3 Å². The summed E-state index contributed by atoms with van der Waals surface area (Å²) in [5.41, 5.74) is 0. The van der Waals surface area contributed by atoms with E-state index < -0.39 is 0 Å². The predicted molar refractivity (Wildman–Crippen MR) is 53.0 cm³/mol. The Hall–Kier alpha value is -0.610. The quantitative estimate of drug-likeness (QED) is 0.670. The van der Waals surface area contributed by atoms with E-state index in [9.17, 15) is 4.79 Å². The smallest absolute Gasteiger partial charge is 0.311 e. The van der Waals surface area contributed by atoms with Gasteiger partial charge in [0.1, 0.15) is 0 Å². The summed E-state index contributed by atoms with van der Waals surface area (Å²) in [7, 11) is 3.06. The van der Waals surface area contributed by atoms with Gasteiger partial charge in [0.05, 0.1) is 19.6 Å². The third-order valence-corrected chi connectivity index (χ3v) is 2.80. The van der Waals surface area contributed by atoms with Crippen molar-refractivity contribution < 1.29 is 14.3 Å². The molecular formula is C10H19NO3. The van der Waals surface area contributed by atoms with Crippen molar-refractivity contribution in [3.05, 3.63) is 0 Å². The molecule has 0 aliphatic carbocycles. The molecule has 0 aromatic heterocycles. The summed E-state index contributed by atoms with van der Waals surface area (Å²) in [5, 5.41) is 3.28. The first kappa shape index (κ1) is 11.5. The number of methoxy groups -OCH3 is 2. The molecule has 14 heavy (non-hydrogen) atoms. The molecule has 0 bridgehead atoms. The lowest BCUT2D eigenvalue weighted by Gasteiger charge is -2.28. The minimum Gasteiger partial charge on any atom is -0.469 e. The van der Waals surface area contributed by atoms with Gasteiger partial charge >= 0.3 is 5.97 Å². The predicted octanol–water partition coefficient (Wildman–Crippen LogP) is 0.422. The van der Waals surface area contributed by atoms with Gasteiger partial charge in [0.25, 0.3) is 0 Å². The van der Waals surface area contributed by atoms with Crippen molar-refractivity contribution in [1.29, 1.82) is 0 Å². The molecule has 0 aromatic rings. The average molecular weight is 201 g/mol. The Balaban J connectivity index is 2.50. The number of nitrogens with one attached hydrogen (secondary N) is 1. The van der Waals surface area contributed by atoms with E-state index in [0.717, 1.165) is 25.9 Å². The molecule has 1 atom stereocenters. The van der Waals surface area contributed by atoms with Crippen LogP contribution in [0.4, 0.5) is 0 Å². The van der Waals surface area contributed by atoms with Crippen molar-refractivity contribution in [2.75, 3.05) is 33.9 Å². The molecule has 0 aromatic carbocycles. The lowest BCUT2D eigenvalue weighted by Crippen LogP contribution is -2.37. The number of piperidine rings is 1. The largest absolute Gasteiger partial charge is 0.469 e. The van der Waals surface area contributed by atoms with Gasteiger partial charge < -0.3 is 14.8 Å². The summed E-state index contributed by atoms with van der Waals surface area (Å²) in [6, 6.07) is 0. The SMILES string of the molecule is COCC(C(=O)OC)C1CCNCC1. The van der Waals surface area contributed by atoms with Gasteiger partial charge in [0, 0.05) is 7.11 Å². The third kappa shape index (κ3) is 2.96. The molecule has 0 amide bonds. The van der Waals surface area contributed by atoms with Crippen LogP contribution < -0.4 is 5.32 Å². The second kappa shape index (κ2) is 5.98.